The van der Waals surface area contributed by atoms with Crippen LogP contribution in [0.2, 0.25) is 0 Å². The van der Waals surface area contributed by atoms with Gasteiger partial charge < -0.3 is 14.3 Å². The average Bonchev–Trinajstić information content (AvgIpc) is 2.77. The van der Waals surface area contributed by atoms with Crippen LogP contribution in [0.15, 0.2) is 70.3 Å². The monoisotopic (exact) mass is 576 g/mol. The van der Waals surface area contributed by atoms with Crippen LogP contribution in [-0.2, 0) is 18.1 Å². The maximum atomic E-state index is 9.12. The van der Waals surface area contributed by atoms with Gasteiger partial charge in [-0.1, -0.05) is 51.4 Å². The van der Waals surface area contributed by atoms with Crippen molar-refractivity contribution in [3.05, 3.63) is 91.0 Å². The molecular weight excluding hydrogens is 559 g/mol. The molecule has 30 heavy (non-hydrogen) atoms. The summed E-state index contributed by atoms with van der Waals surface area (Å²) in [5.74, 6) is 1.30. The van der Waals surface area contributed by atoms with Crippen LogP contribution in [0, 0.1) is 14.9 Å². The summed E-state index contributed by atoms with van der Waals surface area (Å²) in [4.78, 5) is 5.36. The van der Waals surface area contributed by atoms with Gasteiger partial charge >= 0.3 is 0 Å². The Balaban J connectivity index is 1.66. The third kappa shape index (κ3) is 5.97. The summed E-state index contributed by atoms with van der Waals surface area (Å²) in [6.45, 7) is 0.664. The van der Waals surface area contributed by atoms with Gasteiger partial charge in [-0.05, 0) is 58.5 Å². The standard InChI is InChI=1S/C23H18BrIN2O3/c1-28-22-11-17(13-27-30-15-19-5-3-2-4-18(19)12-26)10-21(25)23(22)29-14-16-6-8-20(24)9-7-16/h2-11,13H,14-15H2,1H3/b27-13-. The lowest BCUT2D eigenvalue weighted by atomic mass is 10.1. The lowest BCUT2D eigenvalue weighted by molar-refractivity contribution is 0.132. The molecule has 0 heterocycles. The Morgan fingerprint density at radius 1 is 1.10 bits per heavy atom. The molecule has 0 amide bonds. The fourth-order valence-electron chi connectivity index (χ4n) is 2.65. The highest BCUT2D eigenvalue weighted by atomic mass is 127. The number of ether oxygens (including phenoxy) is 2. The molecule has 0 saturated heterocycles. The summed E-state index contributed by atoms with van der Waals surface area (Å²) in [6.07, 6.45) is 1.61. The summed E-state index contributed by atoms with van der Waals surface area (Å²) in [5, 5.41) is 13.1. The molecule has 0 spiro atoms. The second kappa shape index (κ2) is 11.0. The molecule has 0 fully saturated rings. The third-order valence-electron chi connectivity index (χ3n) is 4.18. The molecule has 7 heteroatoms. The van der Waals surface area contributed by atoms with Crippen LogP contribution in [0.3, 0.4) is 0 Å². The minimum absolute atomic E-state index is 0.225. The van der Waals surface area contributed by atoms with Crippen LogP contribution in [0.5, 0.6) is 11.5 Å². The van der Waals surface area contributed by atoms with Gasteiger partial charge in [-0.25, -0.2) is 0 Å². The molecule has 5 nitrogen and oxygen atoms in total. The molecule has 152 valence electrons. The number of hydrogen-bond donors (Lipinski definition) is 0. The zero-order valence-electron chi connectivity index (χ0n) is 16.1. The van der Waals surface area contributed by atoms with Gasteiger partial charge in [0.05, 0.1) is 28.5 Å². The predicted octanol–water partition coefficient (Wildman–Crippen LogP) is 6.06. The van der Waals surface area contributed by atoms with Crippen molar-refractivity contribution >= 4 is 44.7 Å². The molecule has 3 aromatic carbocycles. The Bertz CT molecular complexity index is 1080. The van der Waals surface area contributed by atoms with Crippen molar-refractivity contribution in [2.45, 2.75) is 13.2 Å². The van der Waals surface area contributed by atoms with Crippen molar-refractivity contribution in [3.63, 3.8) is 0 Å². The van der Waals surface area contributed by atoms with Gasteiger partial charge in [0.1, 0.15) is 13.2 Å². The van der Waals surface area contributed by atoms with Gasteiger partial charge in [0.2, 0.25) is 0 Å². The summed E-state index contributed by atoms with van der Waals surface area (Å²) in [5.41, 5.74) is 3.26. The molecule has 0 aliphatic heterocycles. The van der Waals surface area contributed by atoms with E-state index in [1.165, 1.54) is 0 Å². The molecule has 0 aliphatic carbocycles. The first-order chi connectivity index (χ1) is 14.6. The third-order valence-corrected chi connectivity index (χ3v) is 5.51. The average molecular weight is 577 g/mol. The summed E-state index contributed by atoms with van der Waals surface area (Å²) in [6, 6.07) is 21.2. The molecule has 0 bridgehead atoms. The van der Waals surface area contributed by atoms with Gasteiger partial charge in [-0.2, -0.15) is 5.26 Å². The summed E-state index contributed by atoms with van der Waals surface area (Å²) < 4.78 is 13.4. The molecule has 0 aliphatic rings. The van der Waals surface area contributed by atoms with E-state index in [9.17, 15) is 0 Å². The van der Waals surface area contributed by atoms with Gasteiger partial charge in [-0.3, -0.25) is 0 Å². The number of halogens is 2. The van der Waals surface area contributed by atoms with Crippen molar-refractivity contribution in [2.24, 2.45) is 5.16 Å². The molecular formula is C23H18BrIN2O3. The molecule has 0 radical (unpaired) electrons. The largest absolute Gasteiger partial charge is 0.493 e. The second-order valence-corrected chi connectivity index (χ2v) is 8.30. The van der Waals surface area contributed by atoms with Gasteiger partial charge in [0.15, 0.2) is 11.5 Å². The van der Waals surface area contributed by atoms with E-state index in [4.69, 9.17) is 19.6 Å². The number of rotatable bonds is 8. The minimum Gasteiger partial charge on any atom is -0.493 e. The maximum absolute atomic E-state index is 9.12. The molecule has 0 unspecified atom stereocenters. The molecule has 3 aromatic rings. The zero-order chi connectivity index (χ0) is 21.3. The van der Waals surface area contributed by atoms with Crippen LogP contribution < -0.4 is 9.47 Å². The Hall–Kier alpha value is -2.57. The number of nitrogens with zero attached hydrogens (tertiary/aromatic N) is 2. The van der Waals surface area contributed by atoms with Gasteiger partial charge in [0, 0.05) is 15.6 Å². The van der Waals surface area contributed by atoms with Crippen LogP contribution in [0.25, 0.3) is 0 Å². The Kier molecular flexibility index (Phi) is 8.11. The second-order valence-electron chi connectivity index (χ2n) is 6.23. The lowest BCUT2D eigenvalue weighted by Gasteiger charge is -2.13. The molecule has 0 saturated carbocycles. The van der Waals surface area contributed by atoms with Crippen molar-refractivity contribution < 1.29 is 14.3 Å². The van der Waals surface area contributed by atoms with Gasteiger partial charge in [-0.15, -0.1) is 0 Å². The summed E-state index contributed by atoms with van der Waals surface area (Å²) in [7, 11) is 1.61. The Morgan fingerprint density at radius 2 is 1.87 bits per heavy atom. The Labute approximate surface area is 197 Å². The fraction of sp³-hybridized carbons (Fsp3) is 0.130. The van der Waals surface area contributed by atoms with Crippen molar-refractivity contribution in [3.8, 4) is 17.6 Å². The highest BCUT2D eigenvalue weighted by molar-refractivity contribution is 14.1. The minimum atomic E-state index is 0.225. The number of benzene rings is 3. The van der Waals surface area contributed by atoms with E-state index in [1.807, 2.05) is 54.6 Å². The lowest BCUT2D eigenvalue weighted by Crippen LogP contribution is -2.01. The fourth-order valence-corrected chi connectivity index (χ4v) is 3.70. The van der Waals surface area contributed by atoms with Crippen LogP contribution >= 0.6 is 38.5 Å². The Morgan fingerprint density at radius 3 is 2.60 bits per heavy atom. The highest BCUT2D eigenvalue weighted by Crippen LogP contribution is 2.34. The van der Waals surface area contributed by atoms with E-state index in [-0.39, 0.29) is 6.61 Å². The maximum Gasteiger partial charge on any atom is 0.174 e. The first-order valence-electron chi connectivity index (χ1n) is 8.99. The number of oxime groups is 1. The van der Waals surface area contributed by atoms with E-state index in [0.717, 1.165) is 24.7 Å². The van der Waals surface area contributed by atoms with E-state index in [2.05, 4.69) is 49.7 Å². The van der Waals surface area contributed by atoms with Gasteiger partial charge in [0.25, 0.3) is 0 Å². The van der Waals surface area contributed by atoms with Crippen LogP contribution in [-0.4, -0.2) is 13.3 Å². The van der Waals surface area contributed by atoms with Crippen molar-refractivity contribution in [1.29, 1.82) is 5.26 Å². The predicted molar refractivity (Wildman–Crippen MR) is 128 cm³/mol. The SMILES string of the molecule is COc1cc(/C=N\OCc2ccccc2C#N)cc(I)c1OCc1ccc(Br)cc1. The van der Waals surface area contributed by atoms with E-state index < -0.39 is 0 Å². The first-order valence-corrected chi connectivity index (χ1v) is 10.9. The van der Waals surface area contributed by atoms with E-state index >= 15 is 0 Å². The smallest absolute Gasteiger partial charge is 0.174 e. The highest BCUT2D eigenvalue weighted by Gasteiger charge is 2.11. The number of methoxy groups -OCH3 is 1. The van der Waals surface area contributed by atoms with Crippen molar-refractivity contribution in [1.82, 2.24) is 0 Å². The molecule has 0 atom stereocenters. The quantitative estimate of drug-likeness (QED) is 0.186. The van der Waals surface area contributed by atoms with Crippen LogP contribution in [0.1, 0.15) is 22.3 Å². The number of hydrogen-bond acceptors (Lipinski definition) is 5. The number of nitriles is 1. The topological polar surface area (TPSA) is 63.8 Å². The molecule has 0 aromatic heterocycles. The molecule has 0 N–H and O–H groups in total. The summed E-state index contributed by atoms with van der Waals surface area (Å²) >= 11 is 5.64. The first kappa shape index (κ1) is 22.1. The zero-order valence-corrected chi connectivity index (χ0v) is 19.9. The van der Waals surface area contributed by atoms with Crippen molar-refractivity contribution in [2.75, 3.05) is 7.11 Å². The normalized spacial score (nSPS) is 10.6. The molecule has 3 rings (SSSR count). The van der Waals surface area contributed by atoms with Crippen LogP contribution in [0.4, 0.5) is 0 Å². The van der Waals surface area contributed by atoms with E-state index in [0.29, 0.717) is 23.7 Å². The van der Waals surface area contributed by atoms with E-state index in [1.54, 1.807) is 19.4 Å².